The van der Waals surface area contributed by atoms with Crippen LogP contribution in [0.4, 0.5) is 5.69 Å². The fourth-order valence-corrected chi connectivity index (χ4v) is 6.68. The molecule has 2 aromatic carbocycles. The van der Waals surface area contributed by atoms with Crippen LogP contribution in [0.15, 0.2) is 66.7 Å². The molecule has 0 radical (unpaired) electrons. The second-order valence-corrected chi connectivity index (χ2v) is 10.5. The largest absolute Gasteiger partial charge is 0.492 e. The van der Waals surface area contributed by atoms with Crippen LogP contribution in [0.2, 0.25) is 0 Å². The number of esters is 1. The van der Waals surface area contributed by atoms with Gasteiger partial charge >= 0.3 is 5.97 Å². The lowest BCUT2D eigenvalue weighted by molar-refractivity contribution is -0.160. The molecule has 2 aromatic rings. The highest BCUT2D eigenvalue weighted by Gasteiger charge is 2.68. The molecule has 7 rings (SSSR count). The van der Waals surface area contributed by atoms with E-state index in [0.29, 0.717) is 29.9 Å². The molecule has 7 atom stereocenters. The number of rotatable bonds is 9. The molecule has 38 heavy (non-hydrogen) atoms. The fourth-order valence-electron chi connectivity index (χ4n) is 6.68. The molecule has 8 nitrogen and oxygen atoms in total. The molecule has 1 heterocycles. The molecule has 2 bridgehead atoms. The van der Waals surface area contributed by atoms with Crippen molar-refractivity contribution in [1.82, 2.24) is 4.90 Å². The van der Waals surface area contributed by atoms with Crippen LogP contribution in [0.3, 0.4) is 0 Å². The SMILES string of the molecule is CCOc1ccccc1NC(=O)COC(=O)[C@H](Cc1ccccc1)N1C(=O)[C@@H]2[C@H]3C=C[C@@H]([C@@H]4C[C@H]34)[C@@H]2C1=O. The molecule has 0 aromatic heterocycles. The Morgan fingerprint density at radius 3 is 2.24 bits per heavy atom. The smallest absolute Gasteiger partial charge is 0.330 e. The molecule has 1 aliphatic heterocycles. The number of nitrogens with zero attached hydrogens (tertiary/aromatic N) is 1. The number of para-hydroxylation sites is 2. The zero-order valence-corrected chi connectivity index (χ0v) is 21.1. The first kappa shape index (κ1) is 24.4. The second-order valence-electron chi connectivity index (χ2n) is 10.5. The summed E-state index contributed by atoms with van der Waals surface area (Å²) in [6, 6.07) is 15.1. The number of hydrogen-bond acceptors (Lipinski definition) is 6. The van der Waals surface area contributed by atoms with Crippen molar-refractivity contribution >= 4 is 29.4 Å². The van der Waals surface area contributed by atoms with Gasteiger partial charge < -0.3 is 14.8 Å². The van der Waals surface area contributed by atoms with Crippen LogP contribution < -0.4 is 10.1 Å². The molecule has 3 amide bonds. The van der Waals surface area contributed by atoms with Crippen molar-refractivity contribution in [1.29, 1.82) is 0 Å². The summed E-state index contributed by atoms with van der Waals surface area (Å²) in [5.74, 6) is -1.18. The van der Waals surface area contributed by atoms with Crippen LogP contribution in [-0.4, -0.2) is 47.8 Å². The summed E-state index contributed by atoms with van der Waals surface area (Å²) in [4.78, 5) is 54.6. The number of imide groups is 1. The van der Waals surface area contributed by atoms with Crippen molar-refractivity contribution in [2.24, 2.45) is 35.5 Å². The zero-order chi connectivity index (χ0) is 26.4. The minimum atomic E-state index is -1.14. The lowest BCUT2D eigenvalue weighted by Crippen LogP contribution is -2.48. The molecule has 1 saturated heterocycles. The second kappa shape index (κ2) is 9.74. The number of carbonyl (C=O) groups excluding carboxylic acids is 4. The molecule has 196 valence electrons. The molecule has 1 N–H and O–H groups in total. The van der Waals surface area contributed by atoms with Gasteiger partial charge in [-0.05, 0) is 54.7 Å². The van der Waals surface area contributed by atoms with Gasteiger partial charge in [0.1, 0.15) is 11.8 Å². The number of nitrogens with one attached hydrogen (secondary N) is 1. The van der Waals surface area contributed by atoms with Gasteiger partial charge in [0.25, 0.3) is 5.91 Å². The first-order valence-electron chi connectivity index (χ1n) is 13.3. The van der Waals surface area contributed by atoms with Crippen molar-refractivity contribution in [3.05, 3.63) is 72.3 Å². The van der Waals surface area contributed by atoms with Gasteiger partial charge in [0, 0.05) is 6.42 Å². The maximum atomic E-state index is 13.7. The molecular weight excluding hydrogens is 484 g/mol. The predicted molar refractivity (Wildman–Crippen MR) is 138 cm³/mol. The number of benzene rings is 2. The van der Waals surface area contributed by atoms with Crippen LogP contribution in [0, 0.1) is 35.5 Å². The highest BCUT2D eigenvalue weighted by Crippen LogP contribution is 2.65. The van der Waals surface area contributed by atoms with Gasteiger partial charge in [-0.1, -0.05) is 54.6 Å². The van der Waals surface area contributed by atoms with Gasteiger partial charge in [-0.3, -0.25) is 19.3 Å². The molecule has 5 aliphatic rings. The molecule has 0 spiro atoms. The van der Waals surface area contributed by atoms with Crippen molar-refractivity contribution in [2.45, 2.75) is 25.8 Å². The molecule has 4 aliphatic carbocycles. The Bertz CT molecular complexity index is 1270. The van der Waals surface area contributed by atoms with Gasteiger partial charge in [0.2, 0.25) is 11.8 Å². The molecule has 0 unspecified atom stereocenters. The van der Waals surface area contributed by atoms with E-state index in [1.54, 1.807) is 24.3 Å². The Labute approximate surface area is 221 Å². The molecule has 2 saturated carbocycles. The Kier molecular flexibility index (Phi) is 6.26. The predicted octanol–water partition coefficient (Wildman–Crippen LogP) is 3.23. The number of allylic oxidation sites excluding steroid dienone is 2. The van der Waals surface area contributed by atoms with E-state index in [0.717, 1.165) is 16.9 Å². The Hall–Kier alpha value is -3.94. The van der Waals surface area contributed by atoms with E-state index in [-0.39, 0.29) is 30.1 Å². The summed E-state index contributed by atoms with van der Waals surface area (Å²) in [5.41, 5.74) is 1.26. The monoisotopic (exact) mass is 514 g/mol. The average Bonchev–Trinajstić information content (AvgIpc) is 3.71. The van der Waals surface area contributed by atoms with E-state index in [4.69, 9.17) is 9.47 Å². The first-order valence-corrected chi connectivity index (χ1v) is 13.3. The molecular formula is C30H30N2O6. The maximum absolute atomic E-state index is 13.7. The van der Waals surface area contributed by atoms with Gasteiger partial charge in [-0.2, -0.15) is 0 Å². The van der Waals surface area contributed by atoms with Gasteiger partial charge in [-0.15, -0.1) is 0 Å². The van der Waals surface area contributed by atoms with E-state index >= 15 is 0 Å². The van der Waals surface area contributed by atoms with E-state index in [1.165, 1.54) is 0 Å². The van der Waals surface area contributed by atoms with Crippen molar-refractivity contribution in [2.75, 3.05) is 18.5 Å². The van der Waals surface area contributed by atoms with Gasteiger partial charge in [-0.25, -0.2) is 4.79 Å². The summed E-state index contributed by atoms with van der Waals surface area (Å²) in [5, 5.41) is 2.70. The lowest BCUT2D eigenvalue weighted by atomic mass is 9.63. The lowest BCUT2D eigenvalue weighted by Gasteiger charge is -2.37. The Balaban J connectivity index is 1.19. The number of likely N-dealkylation sites (tertiary alicyclic amines) is 1. The van der Waals surface area contributed by atoms with Crippen molar-refractivity contribution in [3.63, 3.8) is 0 Å². The van der Waals surface area contributed by atoms with Gasteiger partial charge in [0.05, 0.1) is 24.1 Å². The number of amides is 3. The van der Waals surface area contributed by atoms with Crippen LogP contribution in [0.1, 0.15) is 18.9 Å². The third-order valence-electron chi connectivity index (χ3n) is 8.36. The fraction of sp³-hybridized carbons (Fsp3) is 0.400. The number of anilines is 1. The summed E-state index contributed by atoms with van der Waals surface area (Å²) >= 11 is 0. The number of ether oxygens (including phenoxy) is 2. The maximum Gasteiger partial charge on any atom is 0.330 e. The topological polar surface area (TPSA) is 102 Å². The Morgan fingerprint density at radius 2 is 1.58 bits per heavy atom. The zero-order valence-electron chi connectivity index (χ0n) is 21.1. The van der Waals surface area contributed by atoms with Crippen LogP contribution in [-0.2, 0) is 30.3 Å². The number of carbonyl (C=O) groups is 4. The van der Waals surface area contributed by atoms with E-state index in [9.17, 15) is 19.2 Å². The third kappa shape index (κ3) is 4.18. The standard InChI is InChI=1S/C30H30N2O6/c1-2-37-24-11-7-6-10-22(24)31-25(33)16-38-30(36)23(14-17-8-4-3-5-9-17)32-28(34)26-18-12-13-19(21-15-20(18)21)27(26)29(32)35/h3-13,18-21,23,26-27H,2,14-16H2,1H3,(H,31,33)/t18-,19-,20-,21+,23-,26-,27+/m0/s1. The average molecular weight is 515 g/mol. The van der Waals surface area contributed by atoms with E-state index < -0.39 is 36.4 Å². The van der Waals surface area contributed by atoms with Crippen LogP contribution in [0.25, 0.3) is 0 Å². The van der Waals surface area contributed by atoms with Crippen molar-refractivity contribution in [3.8, 4) is 5.75 Å². The van der Waals surface area contributed by atoms with Crippen LogP contribution >= 0.6 is 0 Å². The van der Waals surface area contributed by atoms with E-state index in [2.05, 4.69) is 17.5 Å². The van der Waals surface area contributed by atoms with Crippen molar-refractivity contribution < 1.29 is 28.7 Å². The summed E-state index contributed by atoms with van der Waals surface area (Å²) in [6.07, 6.45) is 5.39. The summed E-state index contributed by atoms with van der Waals surface area (Å²) in [7, 11) is 0. The number of hydrogen-bond donors (Lipinski definition) is 1. The summed E-state index contributed by atoms with van der Waals surface area (Å²) in [6.45, 7) is 1.72. The molecule has 3 fully saturated rings. The van der Waals surface area contributed by atoms with Crippen LogP contribution in [0.5, 0.6) is 5.75 Å². The normalized spacial score (nSPS) is 28.9. The quantitative estimate of drug-likeness (QED) is 0.313. The van der Waals surface area contributed by atoms with E-state index in [1.807, 2.05) is 37.3 Å². The Morgan fingerprint density at radius 1 is 0.947 bits per heavy atom. The minimum absolute atomic E-state index is 0.0565. The third-order valence-corrected chi connectivity index (χ3v) is 8.36. The highest BCUT2D eigenvalue weighted by atomic mass is 16.5. The van der Waals surface area contributed by atoms with Gasteiger partial charge in [0.15, 0.2) is 6.61 Å². The summed E-state index contributed by atoms with van der Waals surface area (Å²) < 4.78 is 10.9. The first-order chi connectivity index (χ1) is 18.5. The molecule has 8 heteroatoms. The minimum Gasteiger partial charge on any atom is -0.492 e. The highest BCUT2D eigenvalue weighted by molar-refractivity contribution is 6.09.